The van der Waals surface area contributed by atoms with E-state index in [1.54, 1.807) is 18.2 Å². The lowest BCUT2D eigenvalue weighted by Crippen LogP contribution is -2.16. The highest BCUT2D eigenvalue weighted by molar-refractivity contribution is 6.01. The average Bonchev–Trinajstić information content (AvgIpc) is 3.26. The van der Waals surface area contributed by atoms with Gasteiger partial charge in [-0.3, -0.25) is 9.89 Å². The van der Waals surface area contributed by atoms with E-state index in [0.717, 1.165) is 36.0 Å². The molecule has 4 rings (SSSR count). The molecule has 4 aromatic rings. The zero-order chi connectivity index (χ0) is 26.2. The maximum absolute atomic E-state index is 14.4. The third-order valence-corrected chi connectivity index (χ3v) is 5.39. The van der Waals surface area contributed by atoms with Crippen LogP contribution in [0.1, 0.15) is 18.9 Å². The first-order valence-electron chi connectivity index (χ1n) is 12.0. The van der Waals surface area contributed by atoms with Crippen molar-refractivity contribution >= 4 is 34.1 Å². The van der Waals surface area contributed by atoms with Crippen LogP contribution in [0.2, 0.25) is 0 Å². The fourth-order valence-corrected chi connectivity index (χ4v) is 3.61. The van der Waals surface area contributed by atoms with Gasteiger partial charge in [0, 0.05) is 17.6 Å². The lowest BCUT2D eigenvalue weighted by molar-refractivity contribution is -0.115. The number of nitrogens with zero attached hydrogens (tertiary/aromatic N) is 4. The fraction of sp³-hybridized carbons (Fsp3) is 0.308. The predicted octanol–water partition coefficient (Wildman–Crippen LogP) is 4.15. The van der Waals surface area contributed by atoms with Gasteiger partial charge >= 0.3 is 6.01 Å². The Morgan fingerprint density at radius 3 is 2.68 bits per heavy atom. The second kappa shape index (κ2) is 12.1. The summed E-state index contributed by atoms with van der Waals surface area (Å²) < 4.78 is 25.4. The molecule has 0 aliphatic heterocycles. The van der Waals surface area contributed by atoms with Crippen LogP contribution in [0.4, 0.5) is 21.7 Å². The third kappa shape index (κ3) is 7.14. The zero-order valence-electron chi connectivity index (χ0n) is 21.0. The number of fused-ring (bicyclic) bond motifs is 1. The van der Waals surface area contributed by atoms with Crippen LogP contribution in [0.5, 0.6) is 11.8 Å². The van der Waals surface area contributed by atoms with E-state index in [2.05, 4.69) is 30.8 Å². The fourth-order valence-electron chi connectivity index (χ4n) is 3.61. The molecule has 11 heteroatoms. The smallest absolute Gasteiger partial charge is 0.318 e. The Balaban J connectivity index is 1.42. The second-order valence-electron chi connectivity index (χ2n) is 8.61. The van der Waals surface area contributed by atoms with Gasteiger partial charge in [-0.05, 0) is 63.3 Å². The molecule has 0 bridgehead atoms. The molecule has 0 radical (unpaired) electrons. The minimum Gasteiger partial charge on any atom is -0.494 e. The average molecular weight is 508 g/mol. The maximum atomic E-state index is 14.4. The van der Waals surface area contributed by atoms with E-state index in [1.165, 1.54) is 0 Å². The minimum atomic E-state index is -0.614. The highest BCUT2D eigenvalue weighted by Crippen LogP contribution is 2.27. The number of aromatic amines is 1. The summed E-state index contributed by atoms with van der Waals surface area (Å²) >= 11 is 0. The van der Waals surface area contributed by atoms with Crippen molar-refractivity contribution in [2.45, 2.75) is 19.8 Å². The largest absolute Gasteiger partial charge is 0.494 e. The number of carbonyl (C=O) groups excluding carboxylic acids is 1. The molecule has 10 nitrogen and oxygen atoms in total. The minimum absolute atomic E-state index is 0.0125. The van der Waals surface area contributed by atoms with Crippen molar-refractivity contribution in [2.75, 3.05) is 44.5 Å². The van der Waals surface area contributed by atoms with Crippen molar-refractivity contribution in [1.29, 1.82) is 0 Å². The van der Waals surface area contributed by atoms with Gasteiger partial charge in [-0.2, -0.15) is 10.1 Å². The van der Waals surface area contributed by atoms with Gasteiger partial charge in [-0.25, -0.2) is 9.37 Å². The maximum Gasteiger partial charge on any atom is 0.318 e. The SMILES string of the molecule is CCOc1ccc(CC(=O)Nc2n[nH]c3ccc(Nc4nc(OCCCN(C)C)ncc4F)cc23)cc1. The van der Waals surface area contributed by atoms with Crippen LogP contribution < -0.4 is 20.1 Å². The molecule has 0 aliphatic carbocycles. The molecule has 3 N–H and O–H groups in total. The number of nitrogens with one attached hydrogen (secondary N) is 3. The molecule has 194 valence electrons. The summed E-state index contributed by atoms with van der Waals surface area (Å²) in [7, 11) is 3.96. The van der Waals surface area contributed by atoms with Crippen LogP contribution in [-0.2, 0) is 11.2 Å². The molecule has 2 aromatic heterocycles. The van der Waals surface area contributed by atoms with E-state index in [4.69, 9.17) is 9.47 Å². The quantitative estimate of drug-likeness (QED) is 0.245. The molecule has 0 atom stereocenters. The molecule has 0 aliphatic rings. The Labute approximate surface area is 214 Å². The van der Waals surface area contributed by atoms with Crippen molar-refractivity contribution in [2.24, 2.45) is 0 Å². The number of hydrogen-bond acceptors (Lipinski definition) is 8. The monoisotopic (exact) mass is 507 g/mol. The first-order chi connectivity index (χ1) is 17.9. The number of ether oxygens (including phenoxy) is 2. The number of carbonyl (C=O) groups is 1. The van der Waals surface area contributed by atoms with Gasteiger partial charge in [0.1, 0.15) is 5.75 Å². The molecule has 0 unspecified atom stereocenters. The van der Waals surface area contributed by atoms with Gasteiger partial charge in [-0.15, -0.1) is 0 Å². The van der Waals surface area contributed by atoms with Crippen molar-refractivity contribution in [3.8, 4) is 11.8 Å². The number of amides is 1. The summed E-state index contributed by atoms with van der Waals surface area (Å²) in [4.78, 5) is 22.7. The summed E-state index contributed by atoms with van der Waals surface area (Å²) in [6, 6.07) is 12.8. The summed E-state index contributed by atoms with van der Waals surface area (Å²) in [5, 5.41) is 13.6. The summed E-state index contributed by atoms with van der Waals surface area (Å²) in [5.74, 6) is 0.294. The molecule has 37 heavy (non-hydrogen) atoms. The number of H-pyrrole nitrogens is 1. The van der Waals surface area contributed by atoms with Crippen LogP contribution in [0, 0.1) is 5.82 Å². The number of aromatic nitrogens is 4. The summed E-state index contributed by atoms with van der Waals surface area (Å²) in [6.07, 6.45) is 2.04. The molecule has 2 aromatic carbocycles. The van der Waals surface area contributed by atoms with E-state index in [0.29, 0.717) is 30.1 Å². The van der Waals surface area contributed by atoms with Crippen LogP contribution >= 0.6 is 0 Å². The van der Waals surface area contributed by atoms with Crippen molar-refractivity contribution in [3.05, 3.63) is 60.0 Å². The van der Waals surface area contributed by atoms with E-state index < -0.39 is 5.82 Å². The molecule has 0 fully saturated rings. The summed E-state index contributed by atoms with van der Waals surface area (Å²) in [5.41, 5.74) is 2.13. The molecular formula is C26H30FN7O3. The van der Waals surface area contributed by atoms with Gasteiger partial charge in [0.25, 0.3) is 0 Å². The molecule has 0 spiro atoms. The van der Waals surface area contributed by atoms with E-state index >= 15 is 0 Å². The highest BCUT2D eigenvalue weighted by Gasteiger charge is 2.13. The normalized spacial score (nSPS) is 11.1. The highest BCUT2D eigenvalue weighted by atomic mass is 19.1. The lowest BCUT2D eigenvalue weighted by Gasteiger charge is -2.11. The molecule has 2 heterocycles. The molecular weight excluding hydrogens is 477 g/mol. The van der Waals surface area contributed by atoms with Crippen LogP contribution in [-0.4, -0.2) is 64.8 Å². The number of rotatable bonds is 12. The van der Waals surface area contributed by atoms with Crippen LogP contribution in [0.3, 0.4) is 0 Å². The Hall–Kier alpha value is -4.25. The first-order valence-corrected chi connectivity index (χ1v) is 12.0. The van der Waals surface area contributed by atoms with Gasteiger partial charge in [0.05, 0.1) is 31.3 Å². The molecule has 0 saturated carbocycles. The number of benzene rings is 2. The Bertz CT molecular complexity index is 1340. The summed E-state index contributed by atoms with van der Waals surface area (Å²) in [6.45, 7) is 3.78. The second-order valence-corrected chi connectivity index (χ2v) is 8.61. The first kappa shape index (κ1) is 25.8. The van der Waals surface area contributed by atoms with Crippen LogP contribution in [0.25, 0.3) is 10.9 Å². The topological polar surface area (TPSA) is 117 Å². The van der Waals surface area contributed by atoms with Gasteiger partial charge in [0.15, 0.2) is 17.5 Å². The van der Waals surface area contributed by atoms with Gasteiger partial charge in [-0.1, -0.05) is 12.1 Å². The van der Waals surface area contributed by atoms with Crippen molar-refractivity contribution in [3.63, 3.8) is 0 Å². The van der Waals surface area contributed by atoms with E-state index in [-0.39, 0.29) is 24.2 Å². The predicted molar refractivity (Wildman–Crippen MR) is 140 cm³/mol. The molecule has 1 amide bonds. The number of anilines is 3. The van der Waals surface area contributed by atoms with Crippen molar-refractivity contribution < 1.29 is 18.7 Å². The third-order valence-electron chi connectivity index (χ3n) is 5.39. The zero-order valence-corrected chi connectivity index (χ0v) is 21.0. The standard InChI is InChI=1S/C26H30FN7O3/c1-4-36-19-9-6-17(7-10-19)14-23(35)30-24-20-15-18(8-11-22(20)32-33-24)29-25-21(27)16-28-26(31-25)37-13-5-12-34(2)3/h6-11,15-16H,4-5,12-14H2,1-3H3,(H,28,29,31)(H2,30,32,33,35). The Morgan fingerprint density at radius 2 is 1.92 bits per heavy atom. The Kier molecular flexibility index (Phi) is 8.47. The van der Waals surface area contributed by atoms with Gasteiger partial charge in [0.2, 0.25) is 5.91 Å². The van der Waals surface area contributed by atoms with Gasteiger partial charge < -0.3 is 25.0 Å². The lowest BCUT2D eigenvalue weighted by atomic mass is 10.1. The molecule has 0 saturated heterocycles. The van der Waals surface area contributed by atoms with Crippen LogP contribution in [0.15, 0.2) is 48.7 Å². The Morgan fingerprint density at radius 1 is 1.11 bits per heavy atom. The van der Waals surface area contributed by atoms with E-state index in [9.17, 15) is 9.18 Å². The number of halogens is 1. The van der Waals surface area contributed by atoms with E-state index in [1.807, 2.05) is 50.2 Å². The number of hydrogen-bond donors (Lipinski definition) is 3. The van der Waals surface area contributed by atoms with Crippen molar-refractivity contribution in [1.82, 2.24) is 25.1 Å².